The van der Waals surface area contributed by atoms with Gasteiger partial charge in [-0.15, -0.1) is 0 Å². The predicted molar refractivity (Wildman–Crippen MR) is 150 cm³/mol. The minimum Gasteiger partial charge on any atom is -0.507 e. The molecule has 0 unspecified atom stereocenters. The van der Waals surface area contributed by atoms with Crippen LogP contribution < -0.4 is 9.44 Å². The Balaban J connectivity index is 1.75. The van der Waals surface area contributed by atoms with E-state index in [2.05, 4.69) is 0 Å². The molecular formula is C28H14B4N2O3. The number of aromatic hydroxyl groups is 1. The zero-order valence-corrected chi connectivity index (χ0v) is 19.5. The van der Waals surface area contributed by atoms with Crippen molar-refractivity contribution in [2.75, 3.05) is 9.44 Å². The smallest absolute Gasteiger partial charge is 0.209 e. The second-order valence-corrected chi connectivity index (χ2v) is 8.90. The number of benzene rings is 5. The van der Waals surface area contributed by atoms with Crippen LogP contribution in [0.1, 0.15) is 31.8 Å². The summed E-state index contributed by atoms with van der Waals surface area (Å²) in [6.07, 6.45) is 0. The van der Waals surface area contributed by atoms with Crippen molar-refractivity contribution < 1.29 is 14.7 Å². The van der Waals surface area contributed by atoms with Gasteiger partial charge in [-0.2, -0.15) is 0 Å². The second kappa shape index (κ2) is 8.34. The maximum atomic E-state index is 13.9. The van der Waals surface area contributed by atoms with Gasteiger partial charge in [-0.1, -0.05) is 60.7 Å². The molecule has 0 aliphatic heterocycles. The van der Waals surface area contributed by atoms with Crippen LogP contribution in [0.15, 0.2) is 78.9 Å². The van der Waals surface area contributed by atoms with Crippen LogP contribution in [0.2, 0.25) is 0 Å². The van der Waals surface area contributed by atoms with Crippen LogP contribution in [0, 0.1) is 0 Å². The molecule has 5 aromatic carbocycles. The molecule has 6 rings (SSSR count). The van der Waals surface area contributed by atoms with Crippen molar-refractivity contribution in [2.24, 2.45) is 0 Å². The number of hydrogen-bond donors (Lipinski definition) is 1. The largest absolute Gasteiger partial charge is 0.507 e. The average Bonchev–Trinajstić information content (AvgIpc) is 2.90. The van der Waals surface area contributed by atoms with Gasteiger partial charge in [0.1, 0.15) is 5.75 Å². The molecule has 0 heterocycles. The molecule has 0 atom stereocenters. The van der Waals surface area contributed by atoms with Crippen molar-refractivity contribution in [3.63, 3.8) is 0 Å². The number of hydrogen-bond acceptors (Lipinski definition) is 5. The van der Waals surface area contributed by atoms with Crippen molar-refractivity contribution in [1.29, 1.82) is 0 Å². The highest BCUT2D eigenvalue weighted by Gasteiger charge is 2.34. The van der Waals surface area contributed by atoms with Gasteiger partial charge < -0.3 is 14.6 Å². The highest BCUT2D eigenvalue weighted by molar-refractivity contribution is 6.45. The number of phenols is 1. The Morgan fingerprint density at radius 1 is 0.568 bits per heavy atom. The van der Waals surface area contributed by atoms with E-state index in [-0.39, 0.29) is 39.7 Å². The molecule has 0 spiro atoms. The van der Waals surface area contributed by atoms with Gasteiger partial charge in [0.25, 0.3) is 0 Å². The molecule has 0 aromatic heterocycles. The highest BCUT2D eigenvalue weighted by Crippen LogP contribution is 2.46. The lowest BCUT2D eigenvalue weighted by molar-refractivity contribution is 0.0980. The van der Waals surface area contributed by atoms with E-state index in [4.69, 9.17) is 31.9 Å². The van der Waals surface area contributed by atoms with Crippen LogP contribution >= 0.6 is 0 Å². The van der Waals surface area contributed by atoms with E-state index < -0.39 is 0 Å². The SMILES string of the molecule is [B]N([B])c1ccc(-c2ccc(N([B])[B])c3c(O)c4ccccc4cc23)c2c1C(=O)c1ccccc1C2=O. The Hall–Kier alpha value is -4.38. The van der Waals surface area contributed by atoms with Gasteiger partial charge >= 0.3 is 0 Å². The normalized spacial score (nSPS) is 12.4. The molecule has 1 N–H and O–H groups in total. The van der Waals surface area contributed by atoms with E-state index in [0.717, 1.165) is 14.8 Å². The van der Waals surface area contributed by atoms with Crippen molar-refractivity contribution >= 4 is 76.4 Å². The standard InChI is InChI=1S/C28H14B4N2O3/c29-33(30)21-11-9-16(20-13-14-5-1-2-6-15(14)26(35)23(20)21)17-10-12-22(34(31)32)25-24(17)27(36)18-7-3-4-8-19(18)28(25)37/h1-13,35H. The maximum absolute atomic E-state index is 13.9. The summed E-state index contributed by atoms with van der Waals surface area (Å²) in [5, 5.41) is 13.7. The summed E-state index contributed by atoms with van der Waals surface area (Å²) in [4.78, 5) is 27.5. The summed E-state index contributed by atoms with van der Waals surface area (Å²) >= 11 is 0. The summed E-state index contributed by atoms with van der Waals surface area (Å²) in [5.74, 6) is -0.683. The number of phenolic OH excluding ortho intramolecular Hbond substituents is 1. The fourth-order valence-corrected chi connectivity index (χ4v) is 5.23. The molecule has 166 valence electrons. The number of rotatable bonds is 3. The molecule has 1 aliphatic rings. The number of fused-ring (bicyclic) bond motifs is 4. The van der Waals surface area contributed by atoms with Crippen LogP contribution in [0.4, 0.5) is 11.4 Å². The Bertz CT molecular complexity index is 1800. The highest BCUT2D eigenvalue weighted by atomic mass is 16.3. The zero-order valence-electron chi connectivity index (χ0n) is 19.5. The van der Waals surface area contributed by atoms with Gasteiger partial charge in [0.2, 0.25) is 31.9 Å². The number of ketones is 2. The van der Waals surface area contributed by atoms with E-state index in [0.29, 0.717) is 38.5 Å². The summed E-state index contributed by atoms with van der Waals surface area (Å²) in [5.41, 5.74) is 2.57. The number of carbonyl (C=O) groups is 2. The first-order valence-corrected chi connectivity index (χ1v) is 11.4. The first kappa shape index (κ1) is 23.0. The van der Waals surface area contributed by atoms with Gasteiger partial charge in [0.15, 0.2) is 11.6 Å². The lowest BCUT2D eigenvalue weighted by Gasteiger charge is -2.27. The molecule has 9 heteroatoms. The Labute approximate surface area is 218 Å². The third-order valence-electron chi connectivity index (χ3n) is 6.88. The molecule has 0 fully saturated rings. The van der Waals surface area contributed by atoms with Gasteiger partial charge in [0, 0.05) is 38.8 Å². The van der Waals surface area contributed by atoms with Crippen LogP contribution in [0.25, 0.3) is 32.7 Å². The van der Waals surface area contributed by atoms with Crippen LogP contribution in [0.3, 0.4) is 0 Å². The van der Waals surface area contributed by atoms with E-state index >= 15 is 0 Å². The third kappa shape index (κ3) is 3.30. The molecule has 0 amide bonds. The Morgan fingerprint density at radius 3 is 1.81 bits per heavy atom. The minimum atomic E-state index is -0.354. The molecule has 5 aromatic rings. The van der Waals surface area contributed by atoms with Gasteiger partial charge in [-0.3, -0.25) is 9.59 Å². The van der Waals surface area contributed by atoms with Crippen LogP contribution in [0.5, 0.6) is 5.75 Å². The third-order valence-corrected chi connectivity index (χ3v) is 6.88. The summed E-state index contributed by atoms with van der Waals surface area (Å²) in [6, 6.07) is 22.6. The quantitative estimate of drug-likeness (QED) is 0.313. The van der Waals surface area contributed by atoms with Crippen LogP contribution in [-0.2, 0) is 0 Å². The van der Waals surface area contributed by atoms with E-state index in [9.17, 15) is 14.7 Å². The molecule has 8 radical (unpaired) electrons. The lowest BCUT2D eigenvalue weighted by atomic mass is 9.78. The van der Waals surface area contributed by atoms with Crippen LogP contribution in [-0.4, -0.2) is 48.6 Å². The van der Waals surface area contributed by atoms with Crippen molar-refractivity contribution in [3.8, 4) is 16.9 Å². The molecule has 37 heavy (non-hydrogen) atoms. The van der Waals surface area contributed by atoms with Gasteiger partial charge in [-0.25, -0.2) is 0 Å². The van der Waals surface area contributed by atoms with E-state index in [1.54, 1.807) is 54.6 Å². The van der Waals surface area contributed by atoms with E-state index in [1.807, 2.05) is 24.3 Å². The Kier molecular flexibility index (Phi) is 5.19. The summed E-state index contributed by atoms with van der Waals surface area (Å²) < 4.78 is 1.77. The molecule has 0 saturated heterocycles. The first-order valence-electron chi connectivity index (χ1n) is 11.4. The average molecular weight is 470 g/mol. The second-order valence-electron chi connectivity index (χ2n) is 8.90. The summed E-state index contributed by atoms with van der Waals surface area (Å²) in [7, 11) is 23.5. The van der Waals surface area contributed by atoms with E-state index in [1.165, 1.54) is 0 Å². The molecular weight excluding hydrogens is 456 g/mol. The zero-order chi connectivity index (χ0) is 26.0. The van der Waals surface area contributed by atoms with Crippen molar-refractivity contribution in [2.45, 2.75) is 0 Å². The Morgan fingerprint density at radius 2 is 1.14 bits per heavy atom. The van der Waals surface area contributed by atoms with Gasteiger partial charge in [-0.05, 0) is 40.1 Å². The molecule has 0 saturated carbocycles. The molecule has 5 nitrogen and oxygen atoms in total. The molecule has 0 bridgehead atoms. The topological polar surface area (TPSA) is 60.9 Å². The molecule has 1 aliphatic carbocycles. The summed E-state index contributed by atoms with van der Waals surface area (Å²) in [6.45, 7) is 0. The number of anilines is 2. The maximum Gasteiger partial charge on any atom is 0.209 e. The monoisotopic (exact) mass is 470 g/mol. The lowest BCUT2D eigenvalue weighted by Crippen LogP contribution is -2.26. The van der Waals surface area contributed by atoms with Gasteiger partial charge in [0.05, 0.1) is 5.56 Å². The number of carbonyl (C=O) groups excluding carboxylic acids is 2. The minimum absolute atomic E-state index is 0.000761. The fourth-order valence-electron chi connectivity index (χ4n) is 5.23. The van der Waals surface area contributed by atoms with Crippen molar-refractivity contribution in [1.82, 2.24) is 0 Å². The predicted octanol–water partition coefficient (Wildman–Crippen LogP) is 4.09. The fraction of sp³-hybridized carbons (Fsp3) is 0. The van der Waals surface area contributed by atoms with Crippen molar-refractivity contribution in [3.05, 3.63) is 101 Å². The number of nitrogens with zero attached hydrogens (tertiary/aromatic N) is 2. The first-order chi connectivity index (χ1) is 17.8.